The number of piperidine rings is 1. The van der Waals surface area contributed by atoms with Gasteiger partial charge in [-0.1, -0.05) is 19.9 Å². The normalized spacial score (nSPS) is 16.5. The fourth-order valence-corrected chi connectivity index (χ4v) is 4.33. The maximum atomic E-state index is 12.9. The van der Waals surface area contributed by atoms with Crippen LogP contribution in [-0.4, -0.2) is 65.9 Å². The second-order valence-electron chi connectivity index (χ2n) is 9.71. The highest BCUT2D eigenvalue weighted by molar-refractivity contribution is 5.94. The maximum Gasteiger partial charge on any atom is 0.300 e. The van der Waals surface area contributed by atoms with Crippen LogP contribution in [0.25, 0.3) is 0 Å². The first kappa shape index (κ1) is 26.8. The molecule has 0 unspecified atom stereocenters. The quantitative estimate of drug-likeness (QED) is 0.651. The molecule has 2 amide bonds. The minimum Gasteiger partial charge on any atom is -0.481 e. The first-order valence-corrected chi connectivity index (χ1v) is 12.2. The van der Waals surface area contributed by atoms with Gasteiger partial charge in [-0.25, -0.2) is 0 Å². The molecule has 7 heteroatoms. The van der Waals surface area contributed by atoms with Crippen molar-refractivity contribution in [3.05, 3.63) is 34.9 Å². The first-order valence-electron chi connectivity index (χ1n) is 12.2. The second kappa shape index (κ2) is 13.3. The lowest BCUT2D eigenvalue weighted by molar-refractivity contribution is -0.134. The van der Waals surface area contributed by atoms with Gasteiger partial charge in [-0.3, -0.25) is 14.4 Å². The fourth-order valence-electron chi connectivity index (χ4n) is 4.33. The minimum atomic E-state index is -0.833. The number of rotatable bonds is 7. The van der Waals surface area contributed by atoms with E-state index in [1.807, 2.05) is 29.0 Å². The van der Waals surface area contributed by atoms with Crippen LogP contribution in [0.3, 0.4) is 0 Å². The van der Waals surface area contributed by atoms with Crippen LogP contribution in [0.5, 0.6) is 0 Å². The van der Waals surface area contributed by atoms with Gasteiger partial charge in [0.2, 0.25) is 5.91 Å². The Kier molecular flexibility index (Phi) is 10.8. The molecule has 0 radical (unpaired) electrons. The Morgan fingerprint density at radius 2 is 1.85 bits per heavy atom. The Labute approximate surface area is 198 Å². The molecule has 2 aliphatic heterocycles. The van der Waals surface area contributed by atoms with Gasteiger partial charge in [0, 0.05) is 45.6 Å². The van der Waals surface area contributed by atoms with Crippen LogP contribution < -0.4 is 5.32 Å². The molecule has 0 spiro atoms. The predicted molar refractivity (Wildman–Crippen MR) is 130 cm³/mol. The third kappa shape index (κ3) is 9.16. The SMILES string of the molecule is CC(=O)O.CC(C)CCN1Cc2ccc(C(=O)N(C)CCC3CCNCC3)cc2CCC1=O. The van der Waals surface area contributed by atoms with Crippen LogP contribution >= 0.6 is 0 Å². The number of amides is 2. The highest BCUT2D eigenvalue weighted by Gasteiger charge is 2.22. The molecule has 33 heavy (non-hydrogen) atoms. The van der Waals surface area contributed by atoms with Crippen molar-refractivity contribution in [1.29, 1.82) is 0 Å². The van der Waals surface area contributed by atoms with Gasteiger partial charge >= 0.3 is 0 Å². The molecule has 0 bridgehead atoms. The number of benzene rings is 1. The standard InChI is InChI=1S/C24H37N3O2.C2H4O2/c1-18(2)10-15-27-17-22-5-4-21(16-20(22)6-7-23(27)28)24(29)26(3)14-11-19-8-12-25-13-9-19;1-2(3)4/h4-5,16,18-19,25H,6-15,17H2,1-3H3;1H3,(H,3,4). The number of nitrogens with one attached hydrogen (secondary N) is 1. The van der Waals surface area contributed by atoms with Gasteiger partial charge in [0.25, 0.3) is 11.9 Å². The predicted octanol–water partition coefficient (Wildman–Crippen LogP) is 3.56. The molecule has 7 nitrogen and oxygen atoms in total. The number of hydrogen-bond donors (Lipinski definition) is 2. The smallest absolute Gasteiger partial charge is 0.300 e. The first-order chi connectivity index (χ1) is 15.7. The Morgan fingerprint density at radius 1 is 1.18 bits per heavy atom. The minimum absolute atomic E-state index is 0.0916. The highest BCUT2D eigenvalue weighted by atomic mass is 16.4. The lowest BCUT2D eigenvalue weighted by Gasteiger charge is -2.25. The van der Waals surface area contributed by atoms with Gasteiger partial charge in [-0.15, -0.1) is 0 Å². The number of aryl methyl sites for hydroxylation is 1. The number of carboxylic acids is 1. The lowest BCUT2D eigenvalue weighted by atomic mass is 9.94. The molecular weight excluding hydrogens is 418 g/mol. The topological polar surface area (TPSA) is 89.9 Å². The van der Waals surface area contributed by atoms with Crippen molar-refractivity contribution in [2.24, 2.45) is 11.8 Å². The second-order valence-corrected chi connectivity index (χ2v) is 9.71. The molecule has 0 saturated carbocycles. The van der Waals surface area contributed by atoms with Crippen molar-refractivity contribution in [2.45, 2.75) is 65.8 Å². The number of nitrogens with zero attached hydrogens (tertiary/aromatic N) is 2. The molecule has 0 aromatic heterocycles. The summed E-state index contributed by atoms with van der Waals surface area (Å²) in [5.74, 6) is 0.801. The van der Waals surface area contributed by atoms with Crippen molar-refractivity contribution in [3.8, 4) is 0 Å². The molecule has 0 aliphatic carbocycles. The van der Waals surface area contributed by atoms with Crippen LogP contribution in [0, 0.1) is 11.8 Å². The summed E-state index contributed by atoms with van der Waals surface area (Å²) in [4.78, 5) is 38.3. The van der Waals surface area contributed by atoms with E-state index < -0.39 is 5.97 Å². The zero-order valence-corrected chi connectivity index (χ0v) is 20.7. The largest absolute Gasteiger partial charge is 0.481 e. The van der Waals surface area contributed by atoms with E-state index in [9.17, 15) is 9.59 Å². The summed E-state index contributed by atoms with van der Waals surface area (Å²) in [5.41, 5.74) is 3.09. The summed E-state index contributed by atoms with van der Waals surface area (Å²) in [6.45, 7) is 9.95. The molecule has 2 heterocycles. The molecule has 2 aliphatic rings. The number of carboxylic acid groups (broad SMARTS) is 1. The van der Waals surface area contributed by atoms with Crippen LogP contribution in [0.2, 0.25) is 0 Å². The molecular formula is C26H41N3O4. The van der Waals surface area contributed by atoms with E-state index in [0.29, 0.717) is 18.9 Å². The van der Waals surface area contributed by atoms with E-state index in [1.54, 1.807) is 0 Å². The van der Waals surface area contributed by atoms with E-state index in [-0.39, 0.29) is 11.8 Å². The average Bonchev–Trinajstić information content (AvgIpc) is 2.94. The van der Waals surface area contributed by atoms with Crippen LogP contribution in [0.1, 0.15) is 74.4 Å². The highest BCUT2D eigenvalue weighted by Crippen LogP contribution is 2.23. The third-order valence-corrected chi connectivity index (χ3v) is 6.43. The van der Waals surface area contributed by atoms with Crippen molar-refractivity contribution < 1.29 is 19.5 Å². The summed E-state index contributed by atoms with van der Waals surface area (Å²) in [6.07, 6.45) is 5.79. The summed E-state index contributed by atoms with van der Waals surface area (Å²) >= 11 is 0. The molecule has 1 aromatic carbocycles. The van der Waals surface area contributed by atoms with Gasteiger partial charge in [0.1, 0.15) is 0 Å². The summed E-state index contributed by atoms with van der Waals surface area (Å²) in [6, 6.07) is 6.03. The molecule has 1 aromatic rings. The molecule has 184 valence electrons. The number of fused-ring (bicyclic) bond motifs is 1. The lowest BCUT2D eigenvalue weighted by Crippen LogP contribution is -2.32. The number of aliphatic carboxylic acids is 1. The maximum absolute atomic E-state index is 12.9. The van der Waals surface area contributed by atoms with Gasteiger partial charge in [0.15, 0.2) is 0 Å². The van der Waals surface area contributed by atoms with E-state index in [2.05, 4.69) is 25.2 Å². The molecule has 1 saturated heterocycles. The zero-order chi connectivity index (χ0) is 24.4. The molecule has 0 atom stereocenters. The number of carbonyl (C=O) groups excluding carboxylic acids is 2. The van der Waals surface area contributed by atoms with Crippen LogP contribution in [0.4, 0.5) is 0 Å². The molecule has 3 rings (SSSR count). The zero-order valence-electron chi connectivity index (χ0n) is 20.7. The third-order valence-electron chi connectivity index (χ3n) is 6.43. The van der Waals surface area contributed by atoms with Crippen molar-refractivity contribution in [2.75, 3.05) is 33.2 Å². The van der Waals surface area contributed by atoms with Crippen LogP contribution in [0.15, 0.2) is 18.2 Å². The average molecular weight is 460 g/mol. The fraction of sp³-hybridized carbons (Fsp3) is 0.654. The van der Waals surface area contributed by atoms with Gasteiger partial charge in [-0.05, 0) is 80.3 Å². The van der Waals surface area contributed by atoms with Crippen molar-refractivity contribution >= 4 is 17.8 Å². The summed E-state index contributed by atoms with van der Waals surface area (Å²) in [7, 11) is 1.91. The summed E-state index contributed by atoms with van der Waals surface area (Å²) < 4.78 is 0. The van der Waals surface area contributed by atoms with E-state index in [4.69, 9.17) is 9.90 Å². The van der Waals surface area contributed by atoms with Gasteiger partial charge in [-0.2, -0.15) is 0 Å². The van der Waals surface area contributed by atoms with Gasteiger partial charge < -0.3 is 20.2 Å². The van der Waals surface area contributed by atoms with Gasteiger partial charge in [0.05, 0.1) is 0 Å². The Balaban J connectivity index is 0.000000890. The van der Waals surface area contributed by atoms with E-state index in [0.717, 1.165) is 69.4 Å². The Bertz CT molecular complexity index is 799. The number of carbonyl (C=O) groups is 3. The molecule has 2 N–H and O–H groups in total. The monoisotopic (exact) mass is 459 g/mol. The van der Waals surface area contributed by atoms with Crippen LogP contribution in [-0.2, 0) is 22.6 Å². The number of hydrogen-bond acceptors (Lipinski definition) is 4. The molecule has 1 fully saturated rings. The van der Waals surface area contributed by atoms with Crippen molar-refractivity contribution in [3.63, 3.8) is 0 Å². The van der Waals surface area contributed by atoms with E-state index >= 15 is 0 Å². The van der Waals surface area contributed by atoms with E-state index in [1.165, 1.54) is 18.4 Å². The van der Waals surface area contributed by atoms with Crippen molar-refractivity contribution in [1.82, 2.24) is 15.1 Å². The summed E-state index contributed by atoms with van der Waals surface area (Å²) in [5, 5.41) is 10.8. The Hall–Kier alpha value is -2.41. The Morgan fingerprint density at radius 3 is 2.48 bits per heavy atom.